The summed E-state index contributed by atoms with van der Waals surface area (Å²) >= 11 is 0. The van der Waals surface area contributed by atoms with E-state index in [1.54, 1.807) is 33.4 Å². The van der Waals surface area contributed by atoms with E-state index in [0.29, 0.717) is 11.1 Å². The minimum Gasteiger partial charge on any atom is -0.0683 e. The average Bonchev–Trinajstić information content (AvgIpc) is 3.71. The van der Waals surface area contributed by atoms with E-state index in [0.717, 1.165) is 6.42 Å². The van der Waals surface area contributed by atoms with Crippen LogP contribution in [0.3, 0.4) is 0 Å². The van der Waals surface area contributed by atoms with Crippen molar-refractivity contribution in [3.05, 3.63) is 128 Å². The van der Waals surface area contributed by atoms with Crippen molar-refractivity contribution in [1.29, 1.82) is 0 Å². The summed E-state index contributed by atoms with van der Waals surface area (Å²) in [5, 5.41) is 0. The van der Waals surface area contributed by atoms with E-state index in [9.17, 15) is 0 Å². The molecular weight excluding hydrogens is 569 g/mol. The Kier molecular flexibility index (Phi) is 7.71. The fraction of sp³-hybridized carbons (Fsp3) is 0.378. The maximum Gasteiger partial charge on any atom is 0.0675 e. The van der Waals surface area contributed by atoms with Crippen molar-refractivity contribution in [2.45, 2.75) is 110 Å². The minimum atomic E-state index is -1.88. The van der Waals surface area contributed by atoms with E-state index in [-0.39, 0.29) is 5.41 Å². The SMILES string of the molecule is CCCC1=Cc2c(-c3ccc(C(C)(C)C)cc3)cccc2C1[Si](C)(C)C1CCc2c1cc1c(c2-c2cc(C)ccc2C)CC(C)=C1. The number of aryl methyl sites for hydroxylation is 2. The second-order valence-electron chi connectivity index (χ2n) is 16.3. The topological polar surface area (TPSA) is 0 Å². The Hall–Kier alpha value is -3.42. The zero-order valence-corrected chi connectivity index (χ0v) is 30.7. The zero-order valence-electron chi connectivity index (χ0n) is 29.7. The van der Waals surface area contributed by atoms with Crippen molar-refractivity contribution in [3.63, 3.8) is 0 Å². The van der Waals surface area contributed by atoms with Gasteiger partial charge in [-0.2, -0.15) is 0 Å². The third-order valence-electron chi connectivity index (χ3n) is 11.6. The lowest BCUT2D eigenvalue weighted by atomic mass is 9.86. The minimum absolute atomic E-state index is 0.163. The van der Waals surface area contributed by atoms with Crippen LogP contribution in [-0.2, 0) is 18.3 Å². The summed E-state index contributed by atoms with van der Waals surface area (Å²) in [5.41, 5.74) is 24.0. The van der Waals surface area contributed by atoms with Gasteiger partial charge in [-0.15, -0.1) is 0 Å². The first-order chi connectivity index (χ1) is 21.9. The average molecular weight is 621 g/mol. The molecule has 0 N–H and O–H groups in total. The monoisotopic (exact) mass is 620 g/mol. The van der Waals surface area contributed by atoms with Gasteiger partial charge in [-0.3, -0.25) is 0 Å². The lowest BCUT2D eigenvalue weighted by Crippen LogP contribution is -2.42. The molecular formula is C45H52Si. The van der Waals surface area contributed by atoms with Crippen molar-refractivity contribution >= 4 is 20.2 Å². The van der Waals surface area contributed by atoms with Crippen molar-refractivity contribution in [3.8, 4) is 22.3 Å². The van der Waals surface area contributed by atoms with Crippen molar-refractivity contribution < 1.29 is 0 Å². The van der Waals surface area contributed by atoms with E-state index in [1.165, 1.54) is 75.8 Å². The predicted octanol–water partition coefficient (Wildman–Crippen LogP) is 12.7. The molecule has 0 fully saturated rings. The molecule has 0 nitrogen and oxygen atoms in total. The van der Waals surface area contributed by atoms with Gasteiger partial charge in [-0.1, -0.05) is 143 Å². The number of benzene rings is 4. The van der Waals surface area contributed by atoms with Crippen molar-refractivity contribution in [2.75, 3.05) is 0 Å². The first kappa shape index (κ1) is 31.2. The fourth-order valence-electron chi connectivity index (χ4n) is 9.31. The molecule has 2 atom stereocenters. The summed E-state index contributed by atoms with van der Waals surface area (Å²) in [4.78, 5) is 0. The third kappa shape index (κ3) is 5.11. The summed E-state index contributed by atoms with van der Waals surface area (Å²) in [7, 11) is -1.88. The Labute approximate surface area is 279 Å². The van der Waals surface area contributed by atoms with Gasteiger partial charge >= 0.3 is 0 Å². The lowest BCUT2D eigenvalue weighted by molar-refractivity contribution is 0.590. The Morgan fingerprint density at radius 2 is 1.57 bits per heavy atom. The first-order valence-electron chi connectivity index (χ1n) is 17.8. The maximum atomic E-state index is 2.73. The quantitative estimate of drug-likeness (QED) is 0.188. The van der Waals surface area contributed by atoms with Gasteiger partial charge in [0.25, 0.3) is 0 Å². The summed E-state index contributed by atoms with van der Waals surface area (Å²) in [6.45, 7) is 21.6. The van der Waals surface area contributed by atoms with E-state index >= 15 is 0 Å². The van der Waals surface area contributed by atoms with E-state index < -0.39 is 8.07 Å². The lowest BCUT2D eigenvalue weighted by Gasteiger charge is -2.39. The van der Waals surface area contributed by atoms with Crippen LogP contribution in [0.4, 0.5) is 0 Å². The van der Waals surface area contributed by atoms with Crippen LogP contribution in [-0.4, -0.2) is 8.07 Å². The van der Waals surface area contributed by atoms with Crippen LogP contribution < -0.4 is 0 Å². The normalized spacial score (nSPS) is 18.7. The fourth-order valence-corrected chi connectivity index (χ4v) is 13.9. The second kappa shape index (κ2) is 11.4. The van der Waals surface area contributed by atoms with Gasteiger partial charge in [0.05, 0.1) is 8.07 Å². The van der Waals surface area contributed by atoms with Gasteiger partial charge < -0.3 is 0 Å². The summed E-state index contributed by atoms with van der Waals surface area (Å²) in [6, 6.07) is 26.3. The van der Waals surface area contributed by atoms with Gasteiger partial charge in [-0.05, 0) is 124 Å². The van der Waals surface area contributed by atoms with Crippen LogP contribution in [0.25, 0.3) is 34.4 Å². The third-order valence-corrected chi connectivity index (χ3v) is 16.1. The molecule has 3 aliphatic rings. The van der Waals surface area contributed by atoms with Crippen LogP contribution in [0.1, 0.15) is 115 Å². The largest absolute Gasteiger partial charge is 0.0683 e. The second-order valence-corrected chi connectivity index (χ2v) is 21.2. The Bertz CT molecular complexity index is 1900. The molecule has 46 heavy (non-hydrogen) atoms. The Balaban J connectivity index is 1.34. The standard InChI is InChI=1S/C45H52Si/c1-10-12-32-26-40-35(31-17-19-34(20-18-31)45(5,6)7)13-11-14-37(40)44(32)46(8,9)42-22-21-36-41(42)27-33-23-29(3)25-39(33)43(36)38-24-28(2)15-16-30(38)4/h11,13-20,23-24,26-27,42,44H,10,12,21-22,25H2,1-9H3. The number of allylic oxidation sites excluding steroid dienone is 2. The van der Waals surface area contributed by atoms with Gasteiger partial charge in [0.15, 0.2) is 0 Å². The van der Waals surface area contributed by atoms with Crippen LogP contribution in [0.15, 0.2) is 77.9 Å². The Morgan fingerprint density at radius 3 is 2.28 bits per heavy atom. The van der Waals surface area contributed by atoms with Gasteiger partial charge in [-0.25, -0.2) is 0 Å². The number of rotatable bonds is 6. The molecule has 4 aromatic rings. The van der Waals surface area contributed by atoms with E-state index in [4.69, 9.17) is 0 Å². The van der Waals surface area contributed by atoms with Crippen molar-refractivity contribution in [2.24, 2.45) is 0 Å². The molecule has 1 heteroatoms. The van der Waals surface area contributed by atoms with Crippen molar-refractivity contribution in [1.82, 2.24) is 0 Å². The first-order valence-corrected chi connectivity index (χ1v) is 20.9. The maximum absolute atomic E-state index is 2.73. The van der Waals surface area contributed by atoms with Crippen LogP contribution in [0, 0.1) is 13.8 Å². The molecule has 0 spiro atoms. The molecule has 0 amide bonds. The van der Waals surface area contributed by atoms with E-state index in [2.05, 4.69) is 140 Å². The molecule has 0 bridgehead atoms. The highest BCUT2D eigenvalue weighted by Gasteiger charge is 2.48. The summed E-state index contributed by atoms with van der Waals surface area (Å²) in [5.74, 6) is 0. The molecule has 7 rings (SSSR count). The zero-order chi connectivity index (χ0) is 32.5. The molecule has 0 saturated carbocycles. The molecule has 2 unspecified atom stereocenters. The number of hydrogen-bond donors (Lipinski definition) is 0. The highest BCUT2D eigenvalue weighted by molar-refractivity contribution is 6.81. The smallest absolute Gasteiger partial charge is 0.0675 e. The summed E-state index contributed by atoms with van der Waals surface area (Å²) in [6.07, 6.45) is 11.1. The van der Waals surface area contributed by atoms with Crippen LogP contribution in [0.5, 0.6) is 0 Å². The van der Waals surface area contributed by atoms with E-state index in [1.807, 2.05) is 0 Å². The highest BCUT2D eigenvalue weighted by atomic mass is 28.3. The van der Waals surface area contributed by atoms with Gasteiger partial charge in [0, 0.05) is 5.54 Å². The molecule has 0 saturated heterocycles. The number of hydrogen-bond acceptors (Lipinski definition) is 0. The summed E-state index contributed by atoms with van der Waals surface area (Å²) < 4.78 is 0. The molecule has 0 aromatic heterocycles. The highest BCUT2D eigenvalue weighted by Crippen LogP contribution is 2.55. The predicted molar refractivity (Wildman–Crippen MR) is 203 cm³/mol. The molecule has 0 aliphatic heterocycles. The molecule has 0 radical (unpaired) electrons. The van der Waals surface area contributed by atoms with Crippen LogP contribution in [0.2, 0.25) is 13.1 Å². The van der Waals surface area contributed by atoms with Gasteiger partial charge in [0.2, 0.25) is 0 Å². The Morgan fingerprint density at radius 1 is 0.804 bits per heavy atom. The van der Waals surface area contributed by atoms with Crippen LogP contribution >= 0.6 is 0 Å². The molecule has 0 heterocycles. The van der Waals surface area contributed by atoms with Gasteiger partial charge in [0.1, 0.15) is 0 Å². The molecule has 4 aromatic carbocycles. The molecule has 236 valence electrons. The number of fused-ring (bicyclic) bond motifs is 3. The molecule has 3 aliphatic carbocycles.